The van der Waals surface area contributed by atoms with E-state index in [0.717, 1.165) is 13.1 Å². The number of methoxy groups -OCH3 is 1. The third-order valence-electron chi connectivity index (χ3n) is 4.50. The van der Waals surface area contributed by atoms with Crippen LogP contribution in [0.1, 0.15) is 31.1 Å². The van der Waals surface area contributed by atoms with Crippen LogP contribution in [-0.4, -0.2) is 69.4 Å². The average molecular weight is 369 g/mol. The molecule has 8 heteroatoms. The van der Waals surface area contributed by atoms with E-state index in [1.807, 2.05) is 6.92 Å². The molecule has 140 valence electrons. The van der Waals surface area contributed by atoms with Crippen molar-refractivity contribution in [3.8, 4) is 5.75 Å². The van der Waals surface area contributed by atoms with Gasteiger partial charge in [0.1, 0.15) is 10.6 Å². The molecule has 1 aliphatic rings. The topological polar surface area (TPSA) is 79.0 Å². The number of nitrogens with one attached hydrogen (secondary N) is 1. The maximum atomic E-state index is 12.9. The van der Waals surface area contributed by atoms with E-state index in [9.17, 15) is 13.2 Å². The third-order valence-corrected chi connectivity index (χ3v) is 6.57. The van der Waals surface area contributed by atoms with Gasteiger partial charge in [-0.25, -0.2) is 8.42 Å². The van der Waals surface area contributed by atoms with Crippen molar-refractivity contribution in [2.45, 2.75) is 31.7 Å². The number of sulfonamides is 1. The summed E-state index contributed by atoms with van der Waals surface area (Å²) in [5, 5.41) is 3.24. The van der Waals surface area contributed by atoms with Crippen LogP contribution in [0.15, 0.2) is 23.1 Å². The van der Waals surface area contributed by atoms with Crippen molar-refractivity contribution < 1.29 is 17.9 Å². The van der Waals surface area contributed by atoms with Gasteiger partial charge in [-0.1, -0.05) is 13.8 Å². The van der Waals surface area contributed by atoms with Crippen LogP contribution in [0.3, 0.4) is 0 Å². The maximum Gasteiger partial charge on any atom is 0.254 e. The molecule has 0 aromatic heterocycles. The summed E-state index contributed by atoms with van der Waals surface area (Å²) in [7, 11) is -2.29. The summed E-state index contributed by atoms with van der Waals surface area (Å²) in [6.45, 7) is 8.31. The molecule has 0 spiro atoms. The fourth-order valence-electron chi connectivity index (χ4n) is 3.02. The highest BCUT2D eigenvalue weighted by molar-refractivity contribution is 7.89. The monoisotopic (exact) mass is 369 g/mol. The molecule has 1 saturated heterocycles. The molecule has 1 amide bonds. The van der Waals surface area contributed by atoms with Crippen molar-refractivity contribution in [3.05, 3.63) is 23.8 Å². The number of carbonyl (C=O) groups excluding carboxylic acids is 1. The Hall–Kier alpha value is -1.64. The van der Waals surface area contributed by atoms with E-state index in [1.54, 1.807) is 30.9 Å². The fraction of sp³-hybridized carbons (Fsp3) is 0.588. The Labute approximate surface area is 150 Å². The van der Waals surface area contributed by atoms with Crippen molar-refractivity contribution >= 4 is 15.9 Å². The van der Waals surface area contributed by atoms with Gasteiger partial charge in [0.25, 0.3) is 5.91 Å². The quantitative estimate of drug-likeness (QED) is 0.814. The van der Waals surface area contributed by atoms with Crippen LogP contribution < -0.4 is 10.1 Å². The first kappa shape index (κ1) is 19.7. The first-order chi connectivity index (χ1) is 11.9. The van der Waals surface area contributed by atoms with E-state index in [0.29, 0.717) is 25.2 Å². The Morgan fingerprint density at radius 3 is 2.60 bits per heavy atom. The zero-order chi connectivity index (χ0) is 18.6. The van der Waals surface area contributed by atoms with Crippen molar-refractivity contribution in [2.24, 2.45) is 0 Å². The zero-order valence-corrected chi connectivity index (χ0v) is 16.1. The molecule has 0 unspecified atom stereocenters. The molecule has 25 heavy (non-hydrogen) atoms. The number of hydrogen-bond donors (Lipinski definition) is 1. The van der Waals surface area contributed by atoms with Crippen molar-refractivity contribution in [2.75, 3.05) is 39.8 Å². The molecule has 0 saturated carbocycles. The second kappa shape index (κ2) is 8.16. The molecule has 2 rings (SSSR count). The summed E-state index contributed by atoms with van der Waals surface area (Å²) in [6, 6.07) is 4.67. The number of hydrogen-bond acceptors (Lipinski definition) is 5. The summed E-state index contributed by atoms with van der Waals surface area (Å²) in [4.78, 5) is 14.7. The van der Waals surface area contributed by atoms with Gasteiger partial charge in [-0.3, -0.25) is 4.79 Å². The number of carbonyl (C=O) groups is 1. The molecule has 7 nitrogen and oxygen atoms in total. The maximum absolute atomic E-state index is 12.9. The van der Waals surface area contributed by atoms with E-state index < -0.39 is 10.0 Å². The Bertz CT molecular complexity index is 717. The summed E-state index contributed by atoms with van der Waals surface area (Å²) in [6.07, 6.45) is 0. The first-order valence-electron chi connectivity index (χ1n) is 8.56. The van der Waals surface area contributed by atoms with E-state index in [4.69, 9.17) is 4.74 Å². The molecular formula is C17H27N3O4S. The molecule has 0 bridgehead atoms. The van der Waals surface area contributed by atoms with E-state index in [-0.39, 0.29) is 22.6 Å². The number of benzene rings is 1. The smallest absolute Gasteiger partial charge is 0.254 e. The lowest BCUT2D eigenvalue weighted by atomic mass is 10.1. The molecular weight excluding hydrogens is 342 g/mol. The second-order valence-electron chi connectivity index (χ2n) is 6.01. The Morgan fingerprint density at radius 2 is 2.04 bits per heavy atom. The highest BCUT2D eigenvalue weighted by Crippen LogP contribution is 2.28. The summed E-state index contributed by atoms with van der Waals surface area (Å²) < 4.78 is 32.4. The van der Waals surface area contributed by atoms with Crippen molar-refractivity contribution in [3.63, 3.8) is 0 Å². The predicted molar refractivity (Wildman–Crippen MR) is 96.5 cm³/mol. The van der Waals surface area contributed by atoms with Gasteiger partial charge < -0.3 is 15.0 Å². The lowest BCUT2D eigenvalue weighted by Crippen LogP contribution is -2.52. The average Bonchev–Trinajstić information content (AvgIpc) is 2.61. The largest absolute Gasteiger partial charge is 0.495 e. The second-order valence-corrected chi connectivity index (χ2v) is 7.91. The number of ether oxygens (including phenoxy) is 1. The van der Waals surface area contributed by atoms with Crippen LogP contribution in [0.2, 0.25) is 0 Å². The Morgan fingerprint density at radius 1 is 1.36 bits per heavy atom. The molecule has 1 N–H and O–H groups in total. The lowest BCUT2D eigenvalue weighted by Gasteiger charge is -2.34. The van der Waals surface area contributed by atoms with Crippen LogP contribution in [0.4, 0.5) is 0 Å². The fourth-order valence-corrected chi connectivity index (χ4v) is 4.66. The van der Waals surface area contributed by atoms with Gasteiger partial charge in [0.05, 0.1) is 7.11 Å². The molecule has 1 fully saturated rings. The van der Waals surface area contributed by atoms with Gasteiger partial charge in [-0.05, 0) is 25.1 Å². The lowest BCUT2D eigenvalue weighted by molar-refractivity contribution is 0.0655. The van der Waals surface area contributed by atoms with Crippen molar-refractivity contribution in [1.82, 2.24) is 14.5 Å². The van der Waals surface area contributed by atoms with Gasteiger partial charge in [0.15, 0.2) is 0 Å². The number of piperazine rings is 1. The predicted octanol–water partition coefficient (Wildman–Crippen LogP) is 1.16. The van der Waals surface area contributed by atoms with Gasteiger partial charge in [-0.15, -0.1) is 0 Å². The van der Waals surface area contributed by atoms with Gasteiger partial charge in [-0.2, -0.15) is 4.31 Å². The van der Waals surface area contributed by atoms with Crippen LogP contribution in [0.25, 0.3) is 0 Å². The minimum absolute atomic E-state index is 0.0346. The normalized spacial score (nSPS) is 18.4. The van der Waals surface area contributed by atoms with Crippen LogP contribution in [-0.2, 0) is 10.0 Å². The van der Waals surface area contributed by atoms with E-state index in [1.165, 1.54) is 17.5 Å². The zero-order valence-electron chi connectivity index (χ0n) is 15.3. The van der Waals surface area contributed by atoms with Gasteiger partial charge >= 0.3 is 0 Å². The van der Waals surface area contributed by atoms with Crippen LogP contribution in [0.5, 0.6) is 5.75 Å². The Kier molecular flexibility index (Phi) is 6.42. The summed E-state index contributed by atoms with van der Waals surface area (Å²) in [5.41, 5.74) is 0.361. The molecule has 1 aliphatic heterocycles. The highest BCUT2D eigenvalue weighted by atomic mass is 32.2. The number of amides is 1. The van der Waals surface area contributed by atoms with Gasteiger partial charge in [0.2, 0.25) is 10.0 Å². The number of nitrogens with zero attached hydrogens (tertiary/aromatic N) is 2. The SMILES string of the molecule is CCN(CC)S(=O)(=O)c1cc(C(=O)N2CCNC[C@@H]2C)ccc1OC. The van der Waals surface area contributed by atoms with Crippen LogP contribution in [0, 0.1) is 0 Å². The van der Waals surface area contributed by atoms with Gasteiger partial charge in [0, 0.05) is 44.3 Å². The van der Waals surface area contributed by atoms with Crippen LogP contribution >= 0.6 is 0 Å². The molecule has 0 aliphatic carbocycles. The van der Waals surface area contributed by atoms with Crippen molar-refractivity contribution in [1.29, 1.82) is 0 Å². The molecule has 1 aromatic rings. The molecule has 1 aromatic carbocycles. The standard InChI is InChI=1S/C17H27N3O4S/c1-5-19(6-2)25(22,23)16-11-14(7-8-15(16)24-4)17(21)20-10-9-18-12-13(20)3/h7-8,11,13,18H,5-6,9-10,12H2,1-4H3/t13-/m0/s1. The summed E-state index contributed by atoms with van der Waals surface area (Å²) in [5.74, 6) is 0.0875. The van der Waals surface area contributed by atoms with E-state index in [2.05, 4.69) is 5.32 Å². The molecule has 0 radical (unpaired) electrons. The van der Waals surface area contributed by atoms with E-state index >= 15 is 0 Å². The number of rotatable bonds is 6. The summed E-state index contributed by atoms with van der Waals surface area (Å²) >= 11 is 0. The third kappa shape index (κ3) is 3.96. The minimum atomic E-state index is -3.72. The molecule has 1 atom stereocenters. The Balaban J connectivity index is 2.45. The molecule has 1 heterocycles. The minimum Gasteiger partial charge on any atom is -0.495 e. The first-order valence-corrected chi connectivity index (χ1v) is 10.0. The highest BCUT2D eigenvalue weighted by Gasteiger charge is 2.29.